The fourth-order valence-corrected chi connectivity index (χ4v) is 3.70. The fourth-order valence-electron chi connectivity index (χ4n) is 1.98. The second-order valence-electron chi connectivity index (χ2n) is 4.89. The van der Waals surface area contributed by atoms with Crippen LogP contribution in [-0.2, 0) is 20.0 Å². The Bertz CT molecular complexity index is 882. The van der Waals surface area contributed by atoms with Gasteiger partial charge < -0.3 is 0 Å². The molecular weight excluding hydrogens is 324 g/mol. The maximum atomic E-state index is 12.4. The highest BCUT2D eigenvalue weighted by atomic mass is 32.2. The van der Waals surface area contributed by atoms with E-state index in [0.717, 1.165) is 23.3 Å². The highest BCUT2D eigenvalue weighted by molar-refractivity contribution is 7.92. The molecule has 0 aliphatic carbocycles. The predicted molar refractivity (Wildman–Crippen MR) is 84.5 cm³/mol. The van der Waals surface area contributed by atoms with E-state index >= 15 is 0 Å². The van der Waals surface area contributed by atoms with Crippen LogP contribution in [0.4, 0.5) is 5.69 Å². The molecule has 0 atom stereocenters. The van der Waals surface area contributed by atoms with Crippen molar-refractivity contribution in [2.75, 3.05) is 4.72 Å². The Kier molecular flexibility index (Phi) is 4.28. The molecule has 2 rings (SSSR count). The Balaban J connectivity index is 2.39. The summed E-state index contributed by atoms with van der Waals surface area (Å²) in [4.78, 5) is -0.180. The lowest BCUT2D eigenvalue weighted by Gasteiger charge is -2.13. The van der Waals surface area contributed by atoms with Crippen LogP contribution in [0, 0.1) is 13.8 Å². The average molecular weight is 340 g/mol. The summed E-state index contributed by atoms with van der Waals surface area (Å²) in [6.45, 7) is 3.60. The molecule has 22 heavy (non-hydrogen) atoms. The van der Waals surface area contributed by atoms with Gasteiger partial charge in [-0.25, -0.2) is 22.0 Å². The van der Waals surface area contributed by atoms with Gasteiger partial charge in [-0.1, -0.05) is 18.2 Å². The number of anilines is 1. The first kappa shape index (κ1) is 16.5. The summed E-state index contributed by atoms with van der Waals surface area (Å²) in [6, 6.07) is 10.2. The lowest BCUT2D eigenvalue weighted by molar-refractivity contribution is 0.595. The molecule has 118 valence electrons. The molecular formula is C14H16N2O4S2. The van der Waals surface area contributed by atoms with Crippen molar-refractivity contribution in [3.05, 3.63) is 53.6 Å². The number of para-hydroxylation sites is 1. The molecule has 0 heterocycles. The second-order valence-corrected chi connectivity index (χ2v) is 8.13. The lowest BCUT2D eigenvalue weighted by atomic mass is 10.1. The first-order valence-corrected chi connectivity index (χ1v) is 9.36. The molecule has 0 aromatic heterocycles. The van der Waals surface area contributed by atoms with Crippen molar-refractivity contribution >= 4 is 25.7 Å². The quantitative estimate of drug-likeness (QED) is 0.884. The number of nitrogens with one attached hydrogen (secondary N) is 1. The minimum Gasteiger partial charge on any atom is -0.279 e. The molecule has 0 saturated carbocycles. The predicted octanol–water partition coefficient (Wildman–Crippen LogP) is 1.75. The van der Waals surface area contributed by atoms with Gasteiger partial charge in [-0.3, -0.25) is 4.72 Å². The Morgan fingerprint density at radius 3 is 1.73 bits per heavy atom. The summed E-state index contributed by atoms with van der Waals surface area (Å²) in [6.07, 6.45) is 0. The van der Waals surface area contributed by atoms with Gasteiger partial charge in [-0.05, 0) is 49.2 Å². The van der Waals surface area contributed by atoms with Crippen LogP contribution in [-0.4, -0.2) is 16.8 Å². The van der Waals surface area contributed by atoms with Gasteiger partial charge in [-0.15, -0.1) is 0 Å². The topological polar surface area (TPSA) is 106 Å². The number of hydrogen-bond acceptors (Lipinski definition) is 4. The monoisotopic (exact) mass is 340 g/mol. The molecule has 3 N–H and O–H groups in total. The van der Waals surface area contributed by atoms with E-state index in [1.54, 1.807) is 26.0 Å². The lowest BCUT2D eigenvalue weighted by Crippen LogP contribution is -2.16. The van der Waals surface area contributed by atoms with Crippen LogP contribution < -0.4 is 9.86 Å². The smallest absolute Gasteiger partial charge is 0.261 e. The van der Waals surface area contributed by atoms with Gasteiger partial charge in [0.1, 0.15) is 0 Å². The molecule has 6 nitrogen and oxygen atoms in total. The Labute approximate surface area is 130 Å². The number of sulfonamides is 2. The summed E-state index contributed by atoms with van der Waals surface area (Å²) in [5, 5.41) is 4.99. The van der Waals surface area contributed by atoms with Crippen LogP contribution in [0.2, 0.25) is 0 Å². The zero-order chi connectivity index (χ0) is 16.5. The zero-order valence-electron chi connectivity index (χ0n) is 12.1. The number of hydrogen-bond donors (Lipinski definition) is 2. The van der Waals surface area contributed by atoms with Crippen molar-refractivity contribution in [3.8, 4) is 0 Å². The largest absolute Gasteiger partial charge is 0.279 e. The summed E-state index contributed by atoms with van der Waals surface area (Å²) in [5.74, 6) is 0. The number of aryl methyl sites for hydroxylation is 2. The third kappa shape index (κ3) is 3.46. The Hall–Kier alpha value is -1.90. The number of rotatable bonds is 4. The highest BCUT2D eigenvalue weighted by Gasteiger charge is 2.17. The summed E-state index contributed by atoms with van der Waals surface area (Å²) in [7, 11) is -7.66. The van der Waals surface area contributed by atoms with E-state index in [4.69, 9.17) is 5.14 Å². The second kappa shape index (κ2) is 5.71. The molecule has 0 unspecified atom stereocenters. The average Bonchev–Trinajstić information content (AvgIpc) is 2.42. The van der Waals surface area contributed by atoms with Gasteiger partial charge in [0, 0.05) is 0 Å². The maximum absolute atomic E-state index is 12.4. The van der Waals surface area contributed by atoms with E-state index in [2.05, 4.69) is 4.72 Å². The van der Waals surface area contributed by atoms with Crippen LogP contribution in [0.5, 0.6) is 0 Å². The van der Waals surface area contributed by atoms with E-state index in [-0.39, 0.29) is 9.79 Å². The van der Waals surface area contributed by atoms with Gasteiger partial charge >= 0.3 is 0 Å². The van der Waals surface area contributed by atoms with E-state index in [9.17, 15) is 16.8 Å². The zero-order valence-corrected chi connectivity index (χ0v) is 13.7. The number of benzene rings is 2. The van der Waals surface area contributed by atoms with Crippen molar-refractivity contribution in [1.82, 2.24) is 0 Å². The van der Waals surface area contributed by atoms with Crippen molar-refractivity contribution in [2.45, 2.75) is 23.6 Å². The van der Waals surface area contributed by atoms with Crippen molar-refractivity contribution < 1.29 is 16.8 Å². The first-order chi connectivity index (χ1) is 10.1. The highest BCUT2D eigenvalue weighted by Crippen LogP contribution is 2.23. The molecule has 0 fully saturated rings. The minimum absolute atomic E-state index is 0.0393. The van der Waals surface area contributed by atoms with Crippen LogP contribution >= 0.6 is 0 Å². The van der Waals surface area contributed by atoms with E-state index in [1.807, 2.05) is 6.07 Å². The standard InChI is InChI=1S/C14H16N2O4S2/c1-10-4-3-5-11(2)14(10)16-22(19,20)13-8-6-12(7-9-13)21(15,17)18/h3-9,16H,1-2H3,(H2,15,17,18). The van der Waals surface area contributed by atoms with Gasteiger partial charge in [0.25, 0.3) is 10.0 Å². The van der Waals surface area contributed by atoms with Gasteiger partial charge in [0.2, 0.25) is 10.0 Å². The molecule has 0 saturated heterocycles. The fraction of sp³-hybridized carbons (Fsp3) is 0.143. The molecule has 0 spiro atoms. The molecule has 0 amide bonds. The van der Waals surface area contributed by atoms with Gasteiger partial charge in [0.15, 0.2) is 0 Å². The summed E-state index contributed by atoms with van der Waals surface area (Å²) >= 11 is 0. The molecule has 0 aliphatic heterocycles. The van der Waals surface area contributed by atoms with E-state index in [0.29, 0.717) is 5.69 Å². The summed E-state index contributed by atoms with van der Waals surface area (Å²) < 4.78 is 49.6. The summed E-state index contributed by atoms with van der Waals surface area (Å²) in [5.41, 5.74) is 2.10. The molecule has 0 aliphatic rings. The molecule has 0 bridgehead atoms. The molecule has 2 aromatic rings. The van der Waals surface area contributed by atoms with E-state index < -0.39 is 20.0 Å². The van der Waals surface area contributed by atoms with Crippen molar-refractivity contribution in [2.24, 2.45) is 5.14 Å². The maximum Gasteiger partial charge on any atom is 0.261 e. The normalized spacial score (nSPS) is 12.1. The Morgan fingerprint density at radius 1 is 0.818 bits per heavy atom. The minimum atomic E-state index is -3.85. The third-order valence-corrected chi connectivity index (χ3v) is 5.47. The van der Waals surface area contributed by atoms with Crippen LogP contribution in [0.15, 0.2) is 52.3 Å². The van der Waals surface area contributed by atoms with Crippen LogP contribution in [0.25, 0.3) is 0 Å². The van der Waals surface area contributed by atoms with Crippen molar-refractivity contribution in [1.29, 1.82) is 0 Å². The molecule has 0 radical (unpaired) electrons. The SMILES string of the molecule is Cc1cccc(C)c1NS(=O)(=O)c1ccc(S(N)(=O)=O)cc1. The van der Waals surface area contributed by atoms with E-state index in [1.165, 1.54) is 12.1 Å². The number of primary sulfonamides is 1. The molecule has 2 aromatic carbocycles. The Morgan fingerprint density at radius 2 is 1.27 bits per heavy atom. The number of nitrogens with two attached hydrogens (primary N) is 1. The van der Waals surface area contributed by atoms with Gasteiger partial charge in [-0.2, -0.15) is 0 Å². The van der Waals surface area contributed by atoms with Gasteiger partial charge in [0.05, 0.1) is 15.5 Å². The first-order valence-electron chi connectivity index (χ1n) is 6.33. The van der Waals surface area contributed by atoms with Crippen LogP contribution in [0.1, 0.15) is 11.1 Å². The van der Waals surface area contributed by atoms with Crippen molar-refractivity contribution in [3.63, 3.8) is 0 Å². The third-order valence-electron chi connectivity index (χ3n) is 3.18. The molecule has 8 heteroatoms. The van der Waals surface area contributed by atoms with Crippen LogP contribution in [0.3, 0.4) is 0 Å².